The average molecular weight is 324 g/mol. The number of carbonyl (C=O) groups is 1. The van der Waals surface area contributed by atoms with Gasteiger partial charge in [0.15, 0.2) is 16.5 Å². The minimum absolute atomic E-state index is 0.0106. The first-order valence-corrected chi connectivity index (χ1v) is 6.99. The monoisotopic (exact) mass is 323 g/mol. The lowest BCUT2D eigenvalue weighted by atomic mass is 10.1. The van der Waals surface area contributed by atoms with E-state index in [-0.39, 0.29) is 21.8 Å². The first kappa shape index (κ1) is 14.1. The lowest BCUT2D eigenvalue weighted by molar-refractivity contribution is 0.0987. The van der Waals surface area contributed by atoms with Gasteiger partial charge in [-0.3, -0.25) is 4.79 Å². The van der Waals surface area contributed by atoms with Crippen molar-refractivity contribution in [2.45, 2.75) is 13.3 Å². The van der Waals surface area contributed by atoms with E-state index in [1.165, 1.54) is 6.07 Å². The van der Waals surface area contributed by atoms with Gasteiger partial charge in [-0.25, -0.2) is 12.8 Å². The van der Waals surface area contributed by atoms with Gasteiger partial charge in [0.2, 0.25) is 0 Å². The van der Waals surface area contributed by atoms with E-state index in [1.807, 2.05) is 0 Å². The Hall–Kier alpha value is -0.950. The second-order valence-electron chi connectivity index (χ2n) is 3.23. The maximum absolute atomic E-state index is 13.4. The molecule has 0 aromatic heterocycles. The first-order chi connectivity index (χ1) is 7.97. The van der Waals surface area contributed by atoms with Crippen LogP contribution >= 0.6 is 15.9 Å². The number of Topliss-reactive ketones (excluding diaryl/α,β-unsaturated/α-hetero) is 1. The third-order valence-electron chi connectivity index (χ3n) is 2.10. The molecule has 0 aliphatic carbocycles. The molecule has 0 heterocycles. The Morgan fingerprint density at radius 1 is 1.47 bits per heavy atom. The van der Waals surface area contributed by atoms with Crippen molar-refractivity contribution in [1.82, 2.24) is 0 Å². The maximum atomic E-state index is 13.4. The SMILES string of the molecule is CCC(=O)c1ccc(F)c(NC[SH](=O)=O)c1Br. The Kier molecular flexibility index (Phi) is 5.07. The van der Waals surface area contributed by atoms with Crippen LogP contribution in [0.5, 0.6) is 0 Å². The van der Waals surface area contributed by atoms with Gasteiger partial charge in [0.25, 0.3) is 0 Å². The van der Waals surface area contributed by atoms with Crippen LogP contribution in [0.25, 0.3) is 0 Å². The van der Waals surface area contributed by atoms with Crippen molar-refractivity contribution in [2.24, 2.45) is 0 Å². The summed E-state index contributed by atoms with van der Waals surface area (Å²) < 4.78 is 34.6. The number of rotatable bonds is 5. The number of hydrogen-bond donors (Lipinski definition) is 2. The van der Waals surface area contributed by atoms with Crippen molar-refractivity contribution in [2.75, 3.05) is 11.2 Å². The summed E-state index contributed by atoms with van der Waals surface area (Å²) in [6.07, 6.45) is 0.291. The van der Waals surface area contributed by atoms with Gasteiger partial charge in [-0.15, -0.1) is 0 Å². The lowest BCUT2D eigenvalue weighted by Crippen LogP contribution is -2.08. The molecule has 1 aromatic carbocycles. The molecule has 0 saturated heterocycles. The fourth-order valence-electron chi connectivity index (χ4n) is 1.26. The fourth-order valence-corrected chi connectivity index (χ4v) is 2.23. The molecular formula is C10H11BrFNO3S. The minimum atomic E-state index is -2.66. The molecule has 0 aliphatic heterocycles. The normalized spacial score (nSPS) is 10.6. The average Bonchev–Trinajstić information content (AvgIpc) is 2.27. The fraction of sp³-hybridized carbons (Fsp3) is 0.300. The molecule has 0 atom stereocenters. The van der Waals surface area contributed by atoms with Crippen LogP contribution in [0.2, 0.25) is 0 Å². The van der Waals surface area contributed by atoms with Crippen molar-refractivity contribution >= 4 is 38.1 Å². The second-order valence-corrected chi connectivity index (χ2v) is 5.00. The van der Waals surface area contributed by atoms with Crippen LogP contribution in [0.1, 0.15) is 23.7 Å². The smallest absolute Gasteiger partial charge is 0.163 e. The van der Waals surface area contributed by atoms with Crippen LogP contribution < -0.4 is 5.32 Å². The molecule has 7 heteroatoms. The van der Waals surface area contributed by atoms with Gasteiger partial charge in [0.05, 0.1) is 10.2 Å². The van der Waals surface area contributed by atoms with Gasteiger partial charge in [0, 0.05) is 12.0 Å². The lowest BCUT2D eigenvalue weighted by Gasteiger charge is -2.10. The third kappa shape index (κ3) is 3.50. The van der Waals surface area contributed by atoms with Gasteiger partial charge in [0.1, 0.15) is 11.7 Å². The molecule has 0 spiro atoms. The van der Waals surface area contributed by atoms with Crippen molar-refractivity contribution in [1.29, 1.82) is 0 Å². The van der Waals surface area contributed by atoms with Gasteiger partial charge in [-0.2, -0.15) is 0 Å². The number of thiol groups is 1. The van der Waals surface area contributed by atoms with E-state index >= 15 is 0 Å². The highest BCUT2D eigenvalue weighted by atomic mass is 79.9. The molecule has 0 aliphatic rings. The van der Waals surface area contributed by atoms with Crippen LogP contribution in [-0.2, 0) is 10.7 Å². The van der Waals surface area contributed by atoms with Crippen LogP contribution in [0.15, 0.2) is 16.6 Å². The summed E-state index contributed by atoms with van der Waals surface area (Å²) in [6.45, 7) is 1.69. The van der Waals surface area contributed by atoms with E-state index in [0.29, 0.717) is 12.0 Å². The van der Waals surface area contributed by atoms with Gasteiger partial charge in [-0.1, -0.05) is 6.92 Å². The number of nitrogens with one attached hydrogen (secondary N) is 1. The van der Waals surface area contributed by atoms with Crippen molar-refractivity contribution in [3.8, 4) is 0 Å². The molecule has 0 amide bonds. The van der Waals surface area contributed by atoms with E-state index in [0.717, 1.165) is 6.07 Å². The number of hydrogen-bond acceptors (Lipinski definition) is 4. The summed E-state index contributed by atoms with van der Waals surface area (Å²) in [5.41, 5.74) is 0.320. The molecule has 0 saturated carbocycles. The molecule has 1 N–H and O–H groups in total. The maximum Gasteiger partial charge on any atom is 0.163 e. The largest absolute Gasteiger partial charge is 0.368 e. The highest BCUT2D eigenvalue weighted by Crippen LogP contribution is 2.30. The number of halogens is 2. The number of carbonyl (C=O) groups excluding carboxylic acids is 1. The van der Waals surface area contributed by atoms with E-state index in [4.69, 9.17) is 0 Å². The summed E-state index contributed by atoms with van der Waals surface area (Å²) in [5.74, 6) is -1.14. The summed E-state index contributed by atoms with van der Waals surface area (Å²) in [7, 11) is -2.66. The third-order valence-corrected chi connectivity index (χ3v) is 3.34. The molecular weight excluding hydrogens is 313 g/mol. The highest BCUT2D eigenvalue weighted by Gasteiger charge is 2.15. The zero-order valence-corrected chi connectivity index (χ0v) is 11.5. The van der Waals surface area contributed by atoms with Gasteiger partial charge in [-0.05, 0) is 28.1 Å². The van der Waals surface area contributed by atoms with E-state index in [2.05, 4.69) is 21.2 Å². The topological polar surface area (TPSA) is 63.2 Å². The number of ketones is 1. The molecule has 4 nitrogen and oxygen atoms in total. The van der Waals surface area contributed by atoms with Crippen LogP contribution in [0.4, 0.5) is 10.1 Å². The molecule has 0 unspecified atom stereocenters. The molecule has 94 valence electrons. The Morgan fingerprint density at radius 3 is 2.65 bits per heavy atom. The summed E-state index contributed by atoms with van der Waals surface area (Å²) >= 11 is 3.10. The van der Waals surface area contributed by atoms with Crippen molar-refractivity contribution in [3.05, 3.63) is 28.0 Å². The van der Waals surface area contributed by atoms with Crippen LogP contribution in [0, 0.1) is 5.82 Å². The minimum Gasteiger partial charge on any atom is -0.368 e. The predicted molar refractivity (Wildman–Crippen MR) is 67.5 cm³/mol. The quantitative estimate of drug-likeness (QED) is 0.644. The summed E-state index contributed by atoms with van der Waals surface area (Å²) in [5, 5.41) is 2.43. The molecule has 0 fully saturated rings. The van der Waals surface area contributed by atoms with E-state index in [9.17, 15) is 17.6 Å². The molecule has 1 aromatic rings. The number of benzene rings is 1. The predicted octanol–water partition coefficient (Wildman–Crippen LogP) is 2.16. The van der Waals surface area contributed by atoms with Crippen LogP contribution in [-0.4, -0.2) is 20.1 Å². The number of anilines is 1. The summed E-state index contributed by atoms with van der Waals surface area (Å²) in [4.78, 5) is 11.5. The molecule has 0 bridgehead atoms. The van der Waals surface area contributed by atoms with Crippen molar-refractivity contribution in [3.63, 3.8) is 0 Å². The van der Waals surface area contributed by atoms with E-state index < -0.39 is 16.5 Å². The molecule has 17 heavy (non-hydrogen) atoms. The van der Waals surface area contributed by atoms with Gasteiger partial charge >= 0.3 is 0 Å². The zero-order valence-electron chi connectivity index (χ0n) is 9.00. The first-order valence-electron chi connectivity index (χ1n) is 4.84. The standard InChI is InChI=1S/C10H11BrFNO3S/c1-2-8(14)6-3-4-7(12)10(9(6)11)13-5-17(15)16/h3-4,13,17H,2,5H2,1H3. The zero-order chi connectivity index (χ0) is 13.0. The molecule has 1 rings (SSSR count). The second kappa shape index (κ2) is 6.11. The molecule has 0 radical (unpaired) electrons. The van der Waals surface area contributed by atoms with E-state index in [1.54, 1.807) is 6.92 Å². The highest BCUT2D eigenvalue weighted by molar-refractivity contribution is 9.10. The Balaban J connectivity index is 3.15. The Labute approximate surface area is 108 Å². The van der Waals surface area contributed by atoms with Crippen LogP contribution in [0.3, 0.4) is 0 Å². The Morgan fingerprint density at radius 2 is 2.12 bits per heavy atom. The van der Waals surface area contributed by atoms with Gasteiger partial charge < -0.3 is 5.32 Å². The Bertz CT molecular complexity index is 509. The van der Waals surface area contributed by atoms with Crippen molar-refractivity contribution < 1.29 is 17.6 Å². The summed E-state index contributed by atoms with van der Waals surface area (Å²) in [6, 6.07) is 2.50.